The van der Waals surface area contributed by atoms with Crippen LogP contribution in [0, 0.1) is 0 Å². The van der Waals surface area contributed by atoms with E-state index in [1.807, 2.05) is 0 Å². The van der Waals surface area contributed by atoms with Crippen LogP contribution in [0.3, 0.4) is 0 Å². The molecule has 0 fully saturated rings. The van der Waals surface area contributed by atoms with Gasteiger partial charge in [-0.1, -0.05) is 22.0 Å². The van der Waals surface area contributed by atoms with Crippen molar-refractivity contribution in [3.63, 3.8) is 0 Å². The van der Waals surface area contributed by atoms with Crippen molar-refractivity contribution in [2.24, 2.45) is 0 Å². The Morgan fingerprint density at radius 2 is 1.97 bits per heavy atom. The lowest BCUT2D eigenvalue weighted by Crippen LogP contribution is -2.43. The van der Waals surface area contributed by atoms with Gasteiger partial charge in [-0.25, -0.2) is 8.42 Å². The Morgan fingerprint density at radius 1 is 1.24 bits per heavy atom. The first-order valence-electron chi connectivity index (χ1n) is 8.36. The van der Waals surface area contributed by atoms with Crippen molar-refractivity contribution in [3.05, 3.63) is 52.5 Å². The lowest BCUT2D eigenvalue weighted by Gasteiger charge is -2.35. The van der Waals surface area contributed by atoms with E-state index in [1.165, 1.54) is 12.1 Å². The van der Waals surface area contributed by atoms with E-state index >= 15 is 0 Å². The van der Waals surface area contributed by atoms with Crippen molar-refractivity contribution in [3.8, 4) is 5.75 Å². The van der Waals surface area contributed by atoms with Crippen LogP contribution in [-0.2, 0) is 21.0 Å². The molecular formula is C18H15BrF3NO5S. The fourth-order valence-corrected chi connectivity index (χ4v) is 4.80. The van der Waals surface area contributed by atoms with Crippen LogP contribution >= 0.6 is 15.9 Å². The number of nitrogens with zero attached hydrogens (tertiary/aromatic N) is 1. The summed E-state index contributed by atoms with van der Waals surface area (Å²) in [7, 11) is -4.36. The van der Waals surface area contributed by atoms with Crippen molar-refractivity contribution in [2.75, 3.05) is 10.8 Å². The molecule has 1 N–H and O–H groups in total. The molecule has 0 spiro atoms. The number of hydrogen-bond acceptors (Lipinski definition) is 4. The molecule has 2 aromatic rings. The number of alkyl halides is 3. The molecule has 29 heavy (non-hydrogen) atoms. The summed E-state index contributed by atoms with van der Waals surface area (Å²) < 4.78 is 72.7. The van der Waals surface area contributed by atoms with Crippen molar-refractivity contribution >= 4 is 37.6 Å². The number of hydrogen-bond donors (Lipinski definition) is 1. The smallest absolute Gasteiger partial charge is 0.416 e. The third-order valence-corrected chi connectivity index (χ3v) is 6.55. The second-order valence-electron chi connectivity index (χ2n) is 6.35. The van der Waals surface area contributed by atoms with Crippen LogP contribution in [-0.4, -0.2) is 32.1 Å². The molecule has 0 radical (unpaired) electrons. The Labute approximate surface area is 173 Å². The summed E-state index contributed by atoms with van der Waals surface area (Å²) in [6.07, 6.45) is -5.66. The van der Waals surface area contributed by atoms with Crippen LogP contribution in [0.1, 0.15) is 18.4 Å². The van der Waals surface area contributed by atoms with Crippen molar-refractivity contribution in [2.45, 2.75) is 30.0 Å². The van der Waals surface area contributed by atoms with E-state index in [2.05, 4.69) is 15.9 Å². The zero-order valence-electron chi connectivity index (χ0n) is 14.7. The zero-order chi connectivity index (χ0) is 21.4. The van der Waals surface area contributed by atoms with Crippen LogP contribution in [0.15, 0.2) is 51.8 Å². The molecule has 2 aromatic carbocycles. The Hall–Kier alpha value is -2.27. The fourth-order valence-electron chi connectivity index (χ4n) is 2.91. The number of rotatable bonds is 5. The Balaban J connectivity index is 2.05. The highest BCUT2D eigenvalue weighted by atomic mass is 79.9. The number of fused-ring (bicyclic) bond motifs is 1. The number of ether oxygens (including phenoxy) is 1. The summed E-state index contributed by atoms with van der Waals surface area (Å²) >= 11 is 3.24. The minimum atomic E-state index is -4.69. The third kappa shape index (κ3) is 4.67. The molecule has 6 nitrogen and oxygen atoms in total. The zero-order valence-corrected chi connectivity index (χ0v) is 17.1. The number of anilines is 1. The molecule has 11 heteroatoms. The SMILES string of the molecule is O=C(O)CC[C@H]1CN(S(=O)(=O)c2cccc(C(F)(F)F)c2)c2cc(Br)ccc2O1. The second kappa shape index (κ2) is 7.86. The maximum absolute atomic E-state index is 13.2. The first-order chi connectivity index (χ1) is 13.5. The Bertz CT molecular complexity index is 1040. The number of aliphatic carboxylic acids is 1. The van der Waals surface area contributed by atoms with E-state index in [0.717, 1.165) is 22.5 Å². The van der Waals surface area contributed by atoms with Gasteiger partial charge in [0.1, 0.15) is 11.9 Å². The van der Waals surface area contributed by atoms with Crippen molar-refractivity contribution < 1.29 is 36.2 Å². The lowest BCUT2D eigenvalue weighted by molar-refractivity contribution is -0.138. The van der Waals surface area contributed by atoms with Gasteiger partial charge >= 0.3 is 12.1 Å². The number of carboxylic acid groups (broad SMARTS) is 1. The monoisotopic (exact) mass is 493 g/mol. The standard InChI is InChI=1S/C18H15BrF3NO5S/c19-12-4-6-16-15(9-12)23(10-13(28-16)5-7-17(24)25)29(26,27)14-3-1-2-11(8-14)18(20,21)22/h1-4,6,8-9,13H,5,7,10H2,(H,24,25)/t13-/m0/s1. The summed E-state index contributed by atoms with van der Waals surface area (Å²) in [6.45, 7) is -0.227. The molecule has 0 amide bonds. The van der Waals surface area contributed by atoms with E-state index in [9.17, 15) is 26.4 Å². The van der Waals surface area contributed by atoms with Crippen LogP contribution in [0.25, 0.3) is 0 Å². The highest BCUT2D eigenvalue weighted by Crippen LogP contribution is 2.40. The summed E-state index contributed by atoms with van der Waals surface area (Å²) in [6, 6.07) is 8.10. The van der Waals surface area contributed by atoms with E-state index in [0.29, 0.717) is 10.5 Å². The number of halogens is 4. The number of sulfonamides is 1. The average Bonchev–Trinajstić information content (AvgIpc) is 2.65. The maximum Gasteiger partial charge on any atom is 0.416 e. The molecule has 3 rings (SSSR count). The molecule has 1 atom stereocenters. The molecule has 1 heterocycles. The van der Waals surface area contributed by atoms with Crippen molar-refractivity contribution in [1.29, 1.82) is 0 Å². The highest BCUT2D eigenvalue weighted by Gasteiger charge is 2.37. The highest BCUT2D eigenvalue weighted by molar-refractivity contribution is 9.10. The van der Waals surface area contributed by atoms with Gasteiger partial charge < -0.3 is 9.84 Å². The van der Waals surface area contributed by atoms with Gasteiger partial charge in [0.05, 0.1) is 22.7 Å². The predicted octanol–water partition coefficient (Wildman–Crippen LogP) is 4.29. The Kier molecular flexibility index (Phi) is 5.81. The van der Waals surface area contributed by atoms with Gasteiger partial charge in [0, 0.05) is 10.9 Å². The van der Waals surface area contributed by atoms with E-state index in [4.69, 9.17) is 9.84 Å². The Morgan fingerprint density at radius 3 is 2.62 bits per heavy atom. The van der Waals surface area contributed by atoms with Gasteiger partial charge in [0.15, 0.2) is 0 Å². The molecule has 0 saturated carbocycles. The van der Waals surface area contributed by atoms with Gasteiger partial charge in [-0.05, 0) is 42.8 Å². The summed E-state index contributed by atoms with van der Waals surface area (Å²) in [5.41, 5.74) is -0.924. The predicted molar refractivity (Wildman–Crippen MR) is 101 cm³/mol. The minimum absolute atomic E-state index is 0.0411. The molecule has 0 aliphatic carbocycles. The molecule has 1 aliphatic heterocycles. The van der Waals surface area contributed by atoms with Crippen LogP contribution in [0.2, 0.25) is 0 Å². The fraction of sp³-hybridized carbons (Fsp3) is 0.278. The van der Waals surface area contributed by atoms with Gasteiger partial charge in [-0.15, -0.1) is 0 Å². The minimum Gasteiger partial charge on any atom is -0.486 e. The molecule has 156 valence electrons. The second-order valence-corrected chi connectivity index (χ2v) is 9.12. The van der Waals surface area contributed by atoms with E-state index < -0.39 is 38.7 Å². The topological polar surface area (TPSA) is 83.9 Å². The molecule has 0 saturated heterocycles. The normalized spacial score (nSPS) is 16.8. The van der Waals surface area contributed by atoms with Gasteiger partial charge in [0.25, 0.3) is 10.0 Å². The summed E-state index contributed by atoms with van der Waals surface area (Å²) in [5, 5.41) is 8.89. The lowest BCUT2D eigenvalue weighted by atomic mass is 10.1. The number of carbonyl (C=O) groups is 1. The van der Waals surface area contributed by atoms with Crippen molar-refractivity contribution in [1.82, 2.24) is 0 Å². The largest absolute Gasteiger partial charge is 0.486 e. The van der Waals surface area contributed by atoms with Crippen LogP contribution in [0.4, 0.5) is 18.9 Å². The first-order valence-corrected chi connectivity index (χ1v) is 10.6. The van der Waals surface area contributed by atoms with E-state index in [-0.39, 0.29) is 30.8 Å². The van der Waals surface area contributed by atoms with Gasteiger partial charge in [0.2, 0.25) is 0 Å². The van der Waals surface area contributed by atoms with Gasteiger partial charge in [-0.3, -0.25) is 9.10 Å². The molecular weight excluding hydrogens is 479 g/mol. The van der Waals surface area contributed by atoms with Gasteiger partial charge in [-0.2, -0.15) is 13.2 Å². The number of benzene rings is 2. The quantitative estimate of drug-likeness (QED) is 0.671. The molecule has 1 aliphatic rings. The number of carboxylic acids is 1. The van der Waals surface area contributed by atoms with Crippen LogP contribution in [0.5, 0.6) is 5.75 Å². The first kappa shape index (κ1) is 21.4. The molecule has 0 aromatic heterocycles. The molecule has 0 bridgehead atoms. The van der Waals surface area contributed by atoms with E-state index in [1.54, 1.807) is 6.07 Å². The summed E-state index contributed by atoms with van der Waals surface area (Å²) in [4.78, 5) is 10.3. The third-order valence-electron chi connectivity index (χ3n) is 4.28. The average molecular weight is 494 g/mol. The summed E-state index contributed by atoms with van der Waals surface area (Å²) in [5.74, 6) is -0.868. The molecule has 0 unspecified atom stereocenters. The van der Waals surface area contributed by atoms with Crippen LogP contribution < -0.4 is 9.04 Å². The maximum atomic E-state index is 13.2.